The van der Waals surface area contributed by atoms with Crippen LogP contribution in [0.25, 0.3) is 20.5 Å². The molecule has 0 aromatic carbocycles. The lowest BCUT2D eigenvalue weighted by molar-refractivity contribution is -0.304. The van der Waals surface area contributed by atoms with Gasteiger partial charge in [0, 0.05) is 22.1 Å². The molecule has 0 bridgehead atoms. The van der Waals surface area contributed by atoms with Gasteiger partial charge in [-0.15, -0.1) is 34.0 Å². The van der Waals surface area contributed by atoms with E-state index in [1.54, 1.807) is 17.4 Å². The minimum Gasteiger partial charge on any atom is -0.550 e. The van der Waals surface area contributed by atoms with Crippen LogP contribution in [0.1, 0.15) is 15.3 Å². The molecule has 0 unspecified atom stereocenters. The van der Waals surface area contributed by atoms with Gasteiger partial charge in [-0.25, -0.2) is 4.98 Å². The van der Waals surface area contributed by atoms with Crippen molar-refractivity contribution in [1.29, 1.82) is 0 Å². The van der Waals surface area contributed by atoms with Crippen molar-refractivity contribution < 1.29 is 9.90 Å². The van der Waals surface area contributed by atoms with E-state index in [9.17, 15) is 9.90 Å². The summed E-state index contributed by atoms with van der Waals surface area (Å²) < 4.78 is 0.659. The highest BCUT2D eigenvalue weighted by atomic mass is 35.5. The maximum absolute atomic E-state index is 11.0. The smallest absolute Gasteiger partial charge is 0.134 e. The van der Waals surface area contributed by atoms with Crippen molar-refractivity contribution in [2.75, 3.05) is 0 Å². The number of carboxylic acids is 1. The Hall–Kier alpha value is -1.21. The van der Waals surface area contributed by atoms with Gasteiger partial charge in [0.2, 0.25) is 0 Å². The fourth-order valence-electron chi connectivity index (χ4n) is 2.02. The Morgan fingerprint density at radius 3 is 2.55 bits per heavy atom. The summed E-state index contributed by atoms with van der Waals surface area (Å²) in [4.78, 5) is 19.6. The van der Waals surface area contributed by atoms with Crippen LogP contribution in [0, 0.1) is 13.8 Å². The van der Waals surface area contributed by atoms with Crippen molar-refractivity contribution in [1.82, 2.24) is 4.98 Å². The molecule has 3 nitrogen and oxygen atoms in total. The van der Waals surface area contributed by atoms with Gasteiger partial charge in [-0.2, -0.15) is 0 Å². The van der Waals surface area contributed by atoms with E-state index in [2.05, 4.69) is 24.9 Å². The summed E-state index contributed by atoms with van der Waals surface area (Å²) in [5, 5.41) is 11.9. The first-order valence-corrected chi connectivity index (χ1v) is 9.29. The van der Waals surface area contributed by atoms with E-state index in [0.717, 1.165) is 14.8 Å². The Kier molecular flexibility index (Phi) is 4.36. The first-order valence-electron chi connectivity index (χ1n) is 6.46. The van der Waals surface area contributed by atoms with Crippen LogP contribution in [0.5, 0.6) is 0 Å². The van der Waals surface area contributed by atoms with Gasteiger partial charge in [0.05, 0.1) is 19.8 Å². The van der Waals surface area contributed by atoms with Crippen molar-refractivity contribution in [3.63, 3.8) is 0 Å². The SMILES string of the molecule is Cc1cc(-c2nc(-c3ccc(Cl)s3)c(CC(=O)[O-])s2)sc1C. The Labute approximate surface area is 144 Å². The standard InChI is InChI=1S/C15H12ClNO2S3/c1-7-5-11(20-8(7)2)15-17-14(9-3-4-12(16)21-9)10(22-15)6-13(18)19/h3-5H,6H2,1-2H3,(H,18,19)/p-1. The zero-order valence-electron chi connectivity index (χ0n) is 11.8. The molecule has 3 aromatic heterocycles. The molecule has 0 aliphatic carbocycles. The molecule has 0 spiro atoms. The Bertz CT molecular complexity index is 827. The molecule has 0 atom stereocenters. The second kappa shape index (κ2) is 6.12. The summed E-state index contributed by atoms with van der Waals surface area (Å²) in [6.45, 7) is 4.13. The Balaban J connectivity index is 2.09. The number of aliphatic carboxylic acids is 1. The number of thiophene rings is 2. The van der Waals surface area contributed by atoms with Gasteiger partial charge in [0.15, 0.2) is 0 Å². The predicted molar refractivity (Wildman–Crippen MR) is 91.9 cm³/mol. The Morgan fingerprint density at radius 1 is 1.23 bits per heavy atom. The fourth-order valence-corrected chi connectivity index (χ4v) is 5.29. The quantitative estimate of drug-likeness (QED) is 0.694. The van der Waals surface area contributed by atoms with Crippen molar-refractivity contribution in [2.45, 2.75) is 20.3 Å². The molecule has 3 aromatic rings. The summed E-state index contributed by atoms with van der Waals surface area (Å²) in [6, 6.07) is 5.76. The zero-order valence-corrected chi connectivity index (χ0v) is 15.0. The first-order chi connectivity index (χ1) is 10.4. The van der Waals surface area contributed by atoms with Crippen molar-refractivity contribution >= 4 is 51.6 Å². The van der Waals surface area contributed by atoms with Gasteiger partial charge < -0.3 is 9.90 Å². The second-order valence-electron chi connectivity index (χ2n) is 4.79. The summed E-state index contributed by atoms with van der Waals surface area (Å²) >= 11 is 10.5. The van der Waals surface area contributed by atoms with E-state index in [1.807, 2.05) is 6.07 Å². The molecule has 3 rings (SSSR count). The average molecular weight is 369 g/mol. The molecule has 0 radical (unpaired) electrons. The van der Waals surface area contributed by atoms with E-state index in [-0.39, 0.29) is 6.42 Å². The minimum atomic E-state index is -1.10. The van der Waals surface area contributed by atoms with Crippen LogP contribution in [0.4, 0.5) is 0 Å². The first kappa shape index (κ1) is 15.7. The summed E-state index contributed by atoms with van der Waals surface area (Å²) in [7, 11) is 0. The topological polar surface area (TPSA) is 53.0 Å². The van der Waals surface area contributed by atoms with Crippen LogP contribution in [0.15, 0.2) is 18.2 Å². The molecule has 3 heterocycles. The van der Waals surface area contributed by atoms with E-state index < -0.39 is 5.97 Å². The van der Waals surface area contributed by atoms with Gasteiger partial charge in [0.1, 0.15) is 5.01 Å². The molecular weight excluding hydrogens is 358 g/mol. The largest absolute Gasteiger partial charge is 0.550 e. The number of carbonyl (C=O) groups is 1. The molecule has 0 amide bonds. The third-order valence-electron chi connectivity index (χ3n) is 3.19. The maximum atomic E-state index is 11.0. The van der Waals surface area contributed by atoms with Crippen LogP contribution < -0.4 is 5.11 Å². The van der Waals surface area contributed by atoms with Crippen LogP contribution in [0.2, 0.25) is 4.34 Å². The summed E-state index contributed by atoms with van der Waals surface area (Å²) in [5.74, 6) is -1.10. The lowest BCUT2D eigenvalue weighted by Crippen LogP contribution is -2.24. The molecule has 0 saturated carbocycles. The molecule has 0 aliphatic rings. The average Bonchev–Trinajstić information content (AvgIpc) is 3.10. The number of carboxylic acid groups (broad SMARTS) is 1. The van der Waals surface area contributed by atoms with Crippen molar-refractivity contribution in [2.24, 2.45) is 0 Å². The third-order valence-corrected chi connectivity index (χ3v) is 6.80. The molecule has 0 aliphatic heterocycles. The maximum Gasteiger partial charge on any atom is 0.134 e. The highest BCUT2D eigenvalue weighted by Crippen LogP contribution is 2.40. The number of aryl methyl sites for hydroxylation is 2. The van der Waals surface area contributed by atoms with Crippen LogP contribution >= 0.6 is 45.6 Å². The highest BCUT2D eigenvalue weighted by Gasteiger charge is 2.17. The van der Waals surface area contributed by atoms with E-state index >= 15 is 0 Å². The van der Waals surface area contributed by atoms with Crippen LogP contribution in [-0.2, 0) is 11.2 Å². The molecule has 22 heavy (non-hydrogen) atoms. The number of aromatic nitrogens is 1. The molecule has 114 valence electrons. The van der Waals surface area contributed by atoms with Gasteiger partial charge >= 0.3 is 0 Å². The molecule has 0 saturated heterocycles. The lowest BCUT2D eigenvalue weighted by Gasteiger charge is -2.00. The number of hydrogen-bond donors (Lipinski definition) is 0. The minimum absolute atomic E-state index is 0.133. The number of halogens is 1. The number of nitrogens with zero attached hydrogens (tertiary/aromatic N) is 1. The van der Waals surface area contributed by atoms with Gasteiger partial charge in [-0.05, 0) is 37.6 Å². The second-order valence-corrected chi connectivity index (χ2v) is 8.85. The monoisotopic (exact) mass is 368 g/mol. The Morgan fingerprint density at radius 2 is 2.00 bits per heavy atom. The lowest BCUT2D eigenvalue weighted by atomic mass is 10.2. The molecular formula is C15H11ClNO2S3-. The highest BCUT2D eigenvalue weighted by molar-refractivity contribution is 7.23. The molecule has 0 N–H and O–H groups in total. The fraction of sp³-hybridized carbons (Fsp3) is 0.200. The number of rotatable bonds is 4. The molecule has 7 heteroatoms. The van der Waals surface area contributed by atoms with Crippen LogP contribution in [-0.4, -0.2) is 11.0 Å². The van der Waals surface area contributed by atoms with Gasteiger partial charge in [0.25, 0.3) is 0 Å². The summed E-state index contributed by atoms with van der Waals surface area (Å²) in [6.07, 6.45) is -0.133. The zero-order chi connectivity index (χ0) is 15.9. The normalized spacial score (nSPS) is 11.0. The third kappa shape index (κ3) is 3.10. The number of carbonyl (C=O) groups excluding carboxylic acids is 1. The number of hydrogen-bond acceptors (Lipinski definition) is 6. The molecule has 0 fully saturated rings. The van der Waals surface area contributed by atoms with E-state index in [4.69, 9.17) is 11.6 Å². The van der Waals surface area contributed by atoms with E-state index in [1.165, 1.54) is 33.1 Å². The van der Waals surface area contributed by atoms with E-state index in [0.29, 0.717) is 14.9 Å². The van der Waals surface area contributed by atoms with Gasteiger partial charge in [-0.3, -0.25) is 0 Å². The predicted octanol–water partition coefficient (Wildman–Crippen LogP) is 4.16. The van der Waals surface area contributed by atoms with Crippen LogP contribution in [0.3, 0.4) is 0 Å². The van der Waals surface area contributed by atoms with Gasteiger partial charge in [-0.1, -0.05) is 11.6 Å². The van der Waals surface area contributed by atoms with Crippen molar-refractivity contribution in [3.05, 3.63) is 37.9 Å². The number of thiazole rings is 1. The summed E-state index contributed by atoms with van der Waals surface area (Å²) in [5.41, 5.74) is 1.92. The van der Waals surface area contributed by atoms with Crippen molar-refractivity contribution in [3.8, 4) is 20.5 Å².